The first-order valence-corrected chi connectivity index (χ1v) is 19.3. The summed E-state index contributed by atoms with van der Waals surface area (Å²) < 4.78 is 25.5. The molecule has 1 unspecified atom stereocenters. The van der Waals surface area contributed by atoms with E-state index in [9.17, 15) is 40.5 Å². The van der Waals surface area contributed by atoms with Gasteiger partial charge >= 0.3 is 11.9 Å². The Kier molecular flexibility index (Phi) is 12.5. The summed E-state index contributed by atoms with van der Waals surface area (Å²) >= 11 is 0. The van der Waals surface area contributed by atoms with Crippen LogP contribution < -0.4 is 11.5 Å². The quantitative estimate of drug-likeness (QED) is 0.0844. The molecule has 6 heterocycles. The van der Waals surface area contributed by atoms with Crippen LogP contribution >= 0.6 is 0 Å². The highest BCUT2D eigenvalue weighted by Crippen LogP contribution is 2.42. The number of aryl methyl sites for hydroxylation is 1. The summed E-state index contributed by atoms with van der Waals surface area (Å²) in [6.07, 6.45) is -4.52. The van der Waals surface area contributed by atoms with Crippen molar-refractivity contribution < 1.29 is 49.0 Å². The summed E-state index contributed by atoms with van der Waals surface area (Å²) in [6, 6.07) is 9.96. The molecule has 0 radical (unpaired) electrons. The first-order chi connectivity index (χ1) is 27.8. The molecule has 0 aromatic carbocycles. The smallest absolute Gasteiger partial charge is 0.309 e. The molecular weight excluding hydrogens is 756 g/mol. The van der Waals surface area contributed by atoms with E-state index in [4.69, 9.17) is 30.4 Å². The molecule has 4 aromatic rings. The second kappa shape index (κ2) is 17.2. The number of ether oxygens (including phenoxy) is 4. The number of carbonyl (C=O) groups is 2. The number of nitrogens with two attached hydrogens (primary N) is 2. The van der Waals surface area contributed by atoms with E-state index in [-0.39, 0.29) is 59.7 Å². The lowest BCUT2D eigenvalue weighted by Gasteiger charge is -2.24. The molecule has 2 fully saturated rings. The third-order valence-corrected chi connectivity index (χ3v) is 11.0. The van der Waals surface area contributed by atoms with Crippen LogP contribution in [0.3, 0.4) is 0 Å². The third-order valence-electron chi connectivity index (χ3n) is 11.0. The van der Waals surface area contributed by atoms with Crippen molar-refractivity contribution in [2.45, 2.75) is 114 Å². The average Bonchev–Trinajstić information content (AvgIpc) is 3.97. The van der Waals surface area contributed by atoms with E-state index in [1.165, 1.54) is 33.6 Å². The van der Waals surface area contributed by atoms with Crippen LogP contribution in [-0.4, -0.2) is 111 Å². The minimum atomic E-state index is -2.12. The van der Waals surface area contributed by atoms with Crippen molar-refractivity contribution in [3.8, 4) is 12.1 Å². The van der Waals surface area contributed by atoms with Crippen molar-refractivity contribution in [2.24, 2.45) is 11.8 Å². The zero-order valence-corrected chi connectivity index (χ0v) is 32.3. The minimum Gasteiger partial charge on any atom is -0.463 e. The lowest BCUT2D eigenvalue weighted by molar-refractivity contribution is -0.156. The van der Waals surface area contributed by atoms with E-state index < -0.39 is 72.3 Å². The number of aromatic nitrogens is 6. The lowest BCUT2D eigenvalue weighted by atomic mass is 9.92. The fraction of sp³-hybridized carbons (Fsp3) is 0.579. The summed E-state index contributed by atoms with van der Waals surface area (Å²) in [4.78, 5) is 34.4. The molecule has 20 heteroatoms. The van der Waals surface area contributed by atoms with Crippen LogP contribution in [-0.2, 0) is 46.2 Å². The molecular formula is C38H48N10O10. The molecule has 9 atom stereocenters. The number of hydrogen-bond donors (Lipinski definition) is 6. The van der Waals surface area contributed by atoms with Gasteiger partial charge in [-0.15, -0.1) is 0 Å². The topological polar surface area (TPSA) is 312 Å². The van der Waals surface area contributed by atoms with E-state index in [0.29, 0.717) is 24.8 Å². The number of aliphatic hydroxyl groups is 4. The fourth-order valence-electron chi connectivity index (χ4n) is 7.75. The second-order valence-corrected chi connectivity index (χ2v) is 14.6. The zero-order chi connectivity index (χ0) is 41.9. The van der Waals surface area contributed by atoms with E-state index >= 15 is 0 Å². The Labute approximate surface area is 332 Å². The van der Waals surface area contributed by atoms with Gasteiger partial charge in [0.2, 0.25) is 11.2 Å². The van der Waals surface area contributed by atoms with Gasteiger partial charge in [0.25, 0.3) is 0 Å². The molecule has 58 heavy (non-hydrogen) atoms. The molecule has 2 saturated heterocycles. The minimum absolute atomic E-state index is 0.0354. The molecule has 310 valence electrons. The highest BCUT2D eigenvalue weighted by molar-refractivity contribution is 5.73. The molecule has 0 saturated carbocycles. The van der Waals surface area contributed by atoms with Crippen molar-refractivity contribution in [3.05, 3.63) is 47.8 Å². The number of hydrogen-bond acceptors (Lipinski definition) is 18. The van der Waals surface area contributed by atoms with Crippen molar-refractivity contribution in [1.29, 1.82) is 10.5 Å². The van der Waals surface area contributed by atoms with Gasteiger partial charge in [0, 0.05) is 6.42 Å². The van der Waals surface area contributed by atoms with Gasteiger partial charge in [0.15, 0.2) is 17.5 Å². The first kappa shape index (κ1) is 42.1. The van der Waals surface area contributed by atoms with E-state index in [1.54, 1.807) is 13.0 Å². The highest BCUT2D eigenvalue weighted by Gasteiger charge is 2.59. The number of aliphatic hydroxyl groups excluding tert-OH is 4. The summed E-state index contributed by atoms with van der Waals surface area (Å²) in [7, 11) is 0. The fourth-order valence-corrected chi connectivity index (χ4v) is 7.75. The molecule has 6 rings (SSSR count). The first-order valence-electron chi connectivity index (χ1n) is 19.3. The van der Waals surface area contributed by atoms with Gasteiger partial charge in [-0.2, -0.15) is 20.7 Å². The maximum absolute atomic E-state index is 13.3. The number of anilines is 2. The Hall–Kier alpha value is -5.48. The number of nitriles is 2. The van der Waals surface area contributed by atoms with Gasteiger partial charge in [-0.25, -0.2) is 19.0 Å². The van der Waals surface area contributed by atoms with Gasteiger partial charge in [0.1, 0.15) is 79.3 Å². The van der Waals surface area contributed by atoms with E-state index in [0.717, 1.165) is 12.8 Å². The second-order valence-electron chi connectivity index (χ2n) is 14.6. The van der Waals surface area contributed by atoms with Crippen LogP contribution in [0.2, 0.25) is 0 Å². The molecule has 0 bridgehead atoms. The molecule has 8 N–H and O–H groups in total. The molecule has 0 spiro atoms. The summed E-state index contributed by atoms with van der Waals surface area (Å²) in [5, 5.41) is 73.4. The molecule has 0 amide bonds. The van der Waals surface area contributed by atoms with Gasteiger partial charge in [-0.3, -0.25) is 9.59 Å². The molecule has 4 aromatic heterocycles. The normalized spacial score (nSPS) is 27.5. The Balaban J connectivity index is 1.13. The predicted octanol–water partition coefficient (Wildman–Crippen LogP) is 0.577. The van der Waals surface area contributed by atoms with E-state index in [2.05, 4.69) is 20.2 Å². The van der Waals surface area contributed by atoms with Crippen molar-refractivity contribution in [1.82, 2.24) is 29.2 Å². The zero-order valence-electron chi connectivity index (χ0n) is 32.3. The van der Waals surface area contributed by atoms with Gasteiger partial charge in [-0.05, 0) is 49.9 Å². The number of carbonyl (C=O) groups excluding carboxylic acids is 2. The van der Waals surface area contributed by atoms with Gasteiger partial charge in [-0.1, -0.05) is 33.6 Å². The number of esters is 2. The Morgan fingerprint density at radius 3 is 1.84 bits per heavy atom. The average molecular weight is 805 g/mol. The molecule has 20 nitrogen and oxygen atoms in total. The largest absolute Gasteiger partial charge is 0.463 e. The molecule has 2 aliphatic heterocycles. The number of fused-ring (bicyclic) bond motifs is 2. The van der Waals surface area contributed by atoms with E-state index in [1.807, 2.05) is 26.0 Å². The molecule has 2 aliphatic rings. The summed E-state index contributed by atoms with van der Waals surface area (Å²) in [5.74, 6) is -1.75. The van der Waals surface area contributed by atoms with Crippen molar-refractivity contribution >= 4 is 34.6 Å². The van der Waals surface area contributed by atoms with Crippen molar-refractivity contribution in [3.63, 3.8) is 0 Å². The number of nitrogens with zero attached hydrogens (tertiary/aromatic N) is 8. The van der Waals surface area contributed by atoms with Crippen LogP contribution in [0.1, 0.15) is 76.5 Å². The SMILES string of the molecule is CCCC(CCC)C(=O)OC[C@H]1O[C@@](C#N)(c2ccc3c(N)nc(CCC(CC)C(=O)OC[C@H]4O[C@@](C#N)(c5ccc6c(N)ncnn56)[C@H](O)[C@@H]4O)nn23)[C@H](O)[C@@H]1O. The Morgan fingerprint density at radius 2 is 1.33 bits per heavy atom. The lowest BCUT2D eigenvalue weighted by Crippen LogP contribution is -2.41. The van der Waals surface area contributed by atoms with Crippen LogP contribution in [0.4, 0.5) is 11.6 Å². The Bertz CT molecular complexity index is 2210. The standard InChI is InChI=1S/C38H48N10O10/c1-4-7-21(8-5-2)36(54)56-16-25-30(50)32(52)38(18-40,58-25)27-13-11-23-34(42)45-28(46-48(23)27)14-9-20(6-3)35(53)55-15-24-29(49)31(51)37(17-39,57-24)26-12-10-22-33(41)43-19-44-47(22)26/h10-13,19-21,24-25,29-32,49-52H,4-9,14-16H2,1-3H3,(H2,41,43,44)(H2,42,45,46)/t20?,24-,25-,29-,30-,31-,32-,37+,38+/m1/s1. The predicted molar refractivity (Wildman–Crippen MR) is 200 cm³/mol. The highest BCUT2D eigenvalue weighted by atomic mass is 16.6. The van der Waals surface area contributed by atoms with Gasteiger partial charge in [0.05, 0.1) is 23.2 Å². The maximum atomic E-state index is 13.3. The van der Waals surface area contributed by atoms with Crippen molar-refractivity contribution in [2.75, 3.05) is 24.7 Å². The summed E-state index contributed by atoms with van der Waals surface area (Å²) in [6.45, 7) is 4.84. The summed E-state index contributed by atoms with van der Waals surface area (Å²) in [5.41, 5.74) is 8.83. The number of nitrogen functional groups attached to an aromatic ring is 2. The van der Waals surface area contributed by atoms with Crippen LogP contribution in [0.25, 0.3) is 11.0 Å². The van der Waals surface area contributed by atoms with Crippen LogP contribution in [0.15, 0.2) is 30.6 Å². The Morgan fingerprint density at radius 1 is 0.810 bits per heavy atom. The van der Waals surface area contributed by atoms with Crippen LogP contribution in [0.5, 0.6) is 0 Å². The molecule has 0 aliphatic carbocycles. The third kappa shape index (κ3) is 7.39. The monoisotopic (exact) mass is 804 g/mol. The van der Waals surface area contributed by atoms with Gasteiger partial charge < -0.3 is 50.8 Å². The van der Waals surface area contributed by atoms with Crippen LogP contribution in [0, 0.1) is 34.5 Å². The number of rotatable bonds is 16. The maximum Gasteiger partial charge on any atom is 0.309 e.